The summed E-state index contributed by atoms with van der Waals surface area (Å²) in [5.41, 5.74) is -1.00. The molecule has 0 bridgehead atoms. The van der Waals surface area contributed by atoms with Crippen LogP contribution in [0.4, 0.5) is 0 Å². The molecule has 2 rings (SSSR count). The molecule has 98 valence electrons. The Morgan fingerprint density at radius 2 is 2.06 bits per heavy atom. The van der Waals surface area contributed by atoms with Crippen LogP contribution < -0.4 is 16.7 Å². The SMILES string of the molecule is Bc1cn([C@@H]2O[C@H](CO)[C@@H](O)[C@H]2O)c(=O)[nH]c1=O. The Hall–Kier alpha value is -1.42. The maximum Gasteiger partial charge on any atom is 0.330 e. The number of aliphatic hydroxyl groups is 3. The van der Waals surface area contributed by atoms with Gasteiger partial charge in [0.1, 0.15) is 26.2 Å². The normalized spacial score (nSPS) is 31.7. The van der Waals surface area contributed by atoms with Crippen LogP contribution in [0.15, 0.2) is 15.8 Å². The van der Waals surface area contributed by atoms with E-state index >= 15 is 0 Å². The Morgan fingerprint density at radius 3 is 2.61 bits per heavy atom. The Balaban J connectivity index is 2.42. The standard InChI is InChI=1S/C9H13BN2O6/c10-3-1-12(9(17)11-7(3)16)8-6(15)5(14)4(2-13)18-8/h1,4-6,8,13-15H,2,10H2,(H,11,16,17)/t4-,5-,6-,8-/m1/s1. The molecule has 1 aromatic rings. The van der Waals surface area contributed by atoms with Crippen LogP contribution >= 0.6 is 0 Å². The second-order valence-corrected chi connectivity index (χ2v) is 4.21. The fourth-order valence-corrected chi connectivity index (χ4v) is 1.88. The van der Waals surface area contributed by atoms with E-state index in [-0.39, 0.29) is 5.46 Å². The third-order valence-electron chi connectivity index (χ3n) is 2.94. The zero-order valence-electron chi connectivity index (χ0n) is 9.61. The highest BCUT2D eigenvalue weighted by Crippen LogP contribution is 2.27. The molecule has 4 N–H and O–H groups in total. The summed E-state index contributed by atoms with van der Waals surface area (Å²) in [5.74, 6) is 0. The fraction of sp³-hybridized carbons (Fsp3) is 0.556. The van der Waals surface area contributed by atoms with Gasteiger partial charge >= 0.3 is 5.69 Å². The van der Waals surface area contributed by atoms with E-state index in [9.17, 15) is 19.8 Å². The monoisotopic (exact) mass is 256 g/mol. The number of hydrogen-bond donors (Lipinski definition) is 4. The molecule has 18 heavy (non-hydrogen) atoms. The predicted molar refractivity (Wildman–Crippen MR) is 62.5 cm³/mol. The molecule has 1 aromatic heterocycles. The Kier molecular flexibility index (Phi) is 3.39. The number of aliphatic hydroxyl groups excluding tert-OH is 3. The van der Waals surface area contributed by atoms with Gasteiger partial charge in [0.25, 0.3) is 0 Å². The first kappa shape index (κ1) is 13.0. The maximum absolute atomic E-state index is 11.6. The van der Waals surface area contributed by atoms with Crippen LogP contribution in [0.25, 0.3) is 0 Å². The molecule has 0 radical (unpaired) electrons. The molecule has 4 atom stereocenters. The molecule has 1 aliphatic heterocycles. The van der Waals surface area contributed by atoms with E-state index in [0.717, 1.165) is 4.57 Å². The Labute approximate surface area is 102 Å². The van der Waals surface area contributed by atoms with Crippen LogP contribution in [-0.2, 0) is 4.74 Å². The van der Waals surface area contributed by atoms with E-state index in [1.165, 1.54) is 14.0 Å². The van der Waals surface area contributed by atoms with Crippen molar-refractivity contribution in [2.24, 2.45) is 0 Å². The van der Waals surface area contributed by atoms with Crippen molar-refractivity contribution < 1.29 is 20.1 Å². The lowest BCUT2D eigenvalue weighted by molar-refractivity contribution is -0.0549. The fourth-order valence-electron chi connectivity index (χ4n) is 1.88. The Morgan fingerprint density at radius 1 is 1.39 bits per heavy atom. The van der Waals surface area contributed by atoms with Crippen molar-refractivity contribution in [2.45, 2.75) is 24.5 Å². The number of nitrogens with one attached hydrogen (secondary N) is 1. The Bertz CT molecular complexity index is 555. The molecule has 0 aromatic carbocycles. The summed E-state index contributed by atoms with van der Waals surface area (Å²) < 4.78 is 6.17. The van der Waals surface area contributed by atoms with Crippen molar-refractivity contribution >= 4 is 13.3 Å². The van der Waals surface area contributed by atoms with Gasteiger partial charge in [0.2, 0.25) is 5.56 Å². The highest BCUT2D eigenvalue weighted by molar-refractivity contribution is 6.31. The molecule has 8 nitrogen and oxygen atoms in total. The summed E-state index contributed by atoms with van der Waals surface area (Å²) in [7, 11) is 1.50. The molecule has 9 heteroatoms. The first-order chi connectivity index (χ1) is 8.45. The van der Waals surface area contributed by atoms with Gasteiger partial charge in [-0.15, -0.1) is 0 Å². The third kappa shape index (κ3) is 2.01. The van der Waals surface area contributed by atoms with Gasteiger partial charge in [-0.1, -0.05) is 0 Å². The highest BCUT2D eigenvalue weighted by atomic mass is 16.6. The quantitative estimate of drug-likeness (QED) is 0.395. The minimum atomic E-state index is -1.36. The predicted octanol–water partition coefficient (Wildman–Crippen LogP) is -4.59. The lowest BCUT2D eigenvalue weighted by Gasteiger charge is -2.17. The van der Waals surface area contributed by atoms with Crippen molar-refractivity contribution in [1.82, 2.24) is 9.55 Å². The zero-order valence-corrected chi connectivity index (χ0v) is 9.61. The number of nitrogens with zero attached hydrogens (tertiary/aromatic N) is 1. The summed E-state index contributed by atoms with van der Waals surface area (Å²) in [6.45, 7) is -0.480. The van der Waals surface area contributed by atoms with Crippen molar-refractivity contribution in [3.63, 3.8) is 0 Å². The van der Waals surface area contributed by atoms with Gasteiger partial charge in [-0.2, -0.15) is 0 Å². The van der Waals surface area contributed by atoms with E-state index in [1.54, 1.807) is 0 Å². The summed E-state index contributed by atoms with van der Waals surface area (Å²) in [6, 6.07) is 0. The molecule has 2 heterocycles. The van der Waals surface area contributed by atoms with Crippen LogP contribution in [0.5, 0.6) is 0 Å². The number of rotatable bonds is 2. The smallest absolute Gasteiger partial charge is 0.330 e. The minimum Gasteiger partial charge on any atom is -0.394 e. The number of H-pyrrole nitrogens is 1. The molecular formula is C9H13BN2O6. The third-order valence-corrected chi connectivity index (χ3v) is 2.94. The van der Waals surface area contributed by atoms with Gasteiger partial charge in [0.15, 0.2) is 6.23 Å². The van der Waals surface area contributed by atoms with Gasteiger partial charge in [-0.3, -0.25) is 14.3 Å². The summed E-state index contributed by atoms with van der Waals surface area (Å²) >= 11 is 0. The van der Waals surface area contributed by atoms with Crippen LogP contribution in [0.2, 0.25) is 0 Å². The van der Waals surface area contributed by atoms with Crippen molar-refractivity contribution in [2.75, 3.05) is 6.61 Å². The number of hydrogen-bond acceptors (Lipinski definition) is 6. The first-order valence-electron chi connectivity index (χ1n) is 5.40. The van der Waals surface area contributed by atoms with Crippen LogP contribution in [-0.4, -0.2) is 57.6 Å². The minimum absolute atomic E-state index is 0.271. The van der Waals surface area contributed by atoms with Crippen LogP contribution in [0.3, 0.4) is 0 Å². The van der Waals surface area contributed by atoms with Gasteiger partial charge in [-0.25, -0.2) is 4.79 Å². The van der Waals surface area contributed by atoms with E-state index < -0.39 is 42.4 Å². The largest absolute Gasteiger partial charge is 0.394 e. The number of aromatic amines is 1. The van der Waals surface area contributed by atoms with E-state index in [0.29, 0.717) is 0 Å². The van der Waals surface area contributed by atoms with Crippen molar-refractivity contribution in [3.8, 4) is 0 Å². The molecule has 1 fully saturated rings. The van der Waals surface area contributed by atoms with Gasteiger partial charge < -0.3 is 20.1 Å². The van der Waals surface area contributed by atoms with Gasteiger partial charge in [0, 0.05) is 6.20 Å². The summed E-state index contributed by atoms with van der Waals surface area (Å²) in [4.78, 5) is 24.9. The average molecular weight is 256 g/mol. The topological polar surface area (TPSA) is 125 Å². The number of aromatic nitrogens is 2. The second-order valence-electron chi connectivity index (χ2n) is 4.21. The number of ether oxygens (including phenoxy) is 1. The molecule has 0 unspecified atom stereocenters. The maximum atomic E-state index is 11.6. The molecule has 0 aliphatic carbocycles. The van der Waals surface area contributed by atoms with Crippen LogP contribution in [0.1, 0.15) is 6.23 Å². The lowest BCUT2D eigenvalue weighted by Crippen LogP contribution is -2.43. The molecule has 1 aliphatic rings. The second kappa shape index (κ2) is 4.69. The lowest BCUT2D eigenvalue weighted by atomic mass is 10.0. The van der Waals surface area contributed by atoms with Crippen molar-refractivity contribution in [3.05, 3.63) is 27.0 Å². The molecule has 1 saturated heterocycles. The van der Waals surface area contributed by atoms with Gasteiger partial charge in [-0.05, 0) is 5.46 Å². The average Bonchev–Trinajstić information content (AvgIpc) is 2.61. The highest BCUT2D eigenvalue weighted by Gasteiger charge is 2.43. The molecule has 0 spiro atoms. The molecular weight excluding hydrogens is 243 g/mol. The molecule has 0 saturated carbocycles. The zero-order chi connectivity index (χ0) is 13.4. The van der Waals surface area contributed by atoms with E-state index in [1.807, 2.05) is 0 Å². The van der Waals surface area contributed by atoms with Crippen LogP contribution in [0, 0.1) is 0 Å². The first-order valence-corrected chi connectivity index (χ1v) is 5.40. The summed E-state index contributed by atoms with van der Waals surface area (Å²) in [6.07, 6.45) is -3.52. The van der Waals surface area contributed by atoms with E-state index in [2.05, 4.69) is 4.98 Å². The van der Waals surface area contributed by atoms with E-state index in [4.69, 9.17) is 9.84 Å². The van der Waals surface area contributed by atoms with Gasteiger partial charge in [0.05, 0.1) is 6.61 Å². The van der Waals surface area contributed by atoms with Crippen molar-refractivity contribution in [1.29, 1.82) is 0 Å². The summed E-state index contributed by atoms with van der Waals surface area (Å²) in [5, 5.41) is 28.3. The molecule has 0 amide bonds.